The molecule has 0 atom stereocenters. The summed E-state index contributed by atoms with van der Waals surface area (Å²) in [6.45, 7) is 10.2. The Hall–Kier alpha value is -3.27. The number of carbonyl (C=O) groups excluding carboxylic acids is 1. The highest BCUT2D eigenvalue weighted by Gasteiger charge is 2.25. The molecule has 0 aliphatic carbocycles. The summed E-state index contributed by atoms with van der Waals surface area (Å²) in [6.07, 6.45) is -0.225. The molecule has 5 rings (SSSR count). The lowest BCUT2D eigenvalue weighted by molar-refractivity contribution is 0.0137. The molecule has 0 N–H and O–H groups in total. The number of amides is 1. The third-order valence-corrected chi connectivity index (χ3v) is 8.29. The number of hydrogen-bond acceptors (Lipinski definition) is 7. The van der Waals surface area contributed by atoms with Crippen molar-refractivity contribution in [2.75, 3.05) is 53.6 Å². The summed E-state index contributed by atoms with van der Waals surface area (Å²) in [6, 6.07) is 24.4. The van der Waals surface area contributed by atoms with E-state index < -0.39 is 5.60 Å². The Kier molecular flexibility index (Phi) is 11.1. The zero-order chi connectivity index (χ0) is 30.1. The largest absolute Gasteiger partial charge is 0.497 e. The van der Waals surface area contributed by atoms with Crippen LogP contribution in [0.4, 0.5) is 4.79 Å². The SMILES string of the molecule is COc1ccc(OCCN2CCN(C(=O)OC(C)(C)C)CC2)cc1.COc1ccc2cc(-c3ccc(Br)cc3)sc2c1. The lowest BCUT2D eigenvalue weighted by Crippen LogP contribution is -2.50. The summed E-state index contributed by atoms with van der Waals surface area (Å²) in [5, 5.41) is 1.26. The first kappa shape index (κ1) is 31.7. The van der Waals surface area contributed by atoms with Crippen molar-refractivity contribution in [1.82, 2.24) is 9.80 Å². The Morgan fingerprint density at radius 1 is 0.833 bits per heavy atom. The van der Waals surface area contributed by atoms with Gasteiger partial charge in [0, 0.05) is 46.8 Å². The van der Waals surface area contributed by atoms with Gasteiger partial charge in [-0.3, -0.25) is 4.90 Å². The average molecular weight is 656 g/mol. The summed E-state index contributed by atoms with van der Waals surface area (Å²) >= 11 is 5.25. The molecule has 2 heterocycles. The highest BCUT2D eigenvalue weighted by Crippen LogP contribution is 2.35. The first-order valence-corrected chi connectivity index (χ1v) is 15.5. The summed E-state index contributed by atoms with van der Waals surface area (Å²) in [5.74, 6) is 2.57. The fraction of sp³-hybridized carbons (Fsp3) is 0.364. The van der Waals surface area contributed by atoms with Crippen molar-refractivity contribution < 1.29 is 23.7 Å². The van der Waals surface area contributed by atoms with Crippen LogP contribution < -0.4 is 14.2 Å². The quantitative estimate of drug-likeness (QED) is 0.201. The number of thiophene rings is 1. The van der Waals surface area contributed by atoms with Gasteiger partial charge in [-0.15, -0.1) is 11.3 Å². The highest BCUT2D eigenvalue weighted by atomic mass is 79.9. The van der Waals surface area contributed by atoms with Crippen LogP contribution in [0.1, 0.15) is 20.8 Å². The second-order valence-electron chi connectivity index (χ2n) is 10.9. The Balaban J connectivity index is 0.000000200. The Labute approximate surface area is 261 Å². The third kappa shape index (κ3) is 9.37. The zero-order valence-corrected chi connectivity index (χ0v) is 27.3. The maximum Gasteiger partial charge on any atom is 0.410 e. The van der Waals surface area contributed by atoms with Gasteiger partial charge in [0.15, 0.2) is 0 Å². The van der Waals surface area contributed by atoms with Gasteiger partial charge in [0.1, 0.15) is 29.5 Å². The molecule has 0 radical (unpaired) electrons. The van der Waals surface area contributed by atoms with Gasteiger partial charge in [-0.1, -0.05) is 28.1 Å². The fourth-order valence-electron chi connectivity index (χ4n) is 4.34. The third-order valence-electron chi connectivity index (χ3n) is 6.62. The number of methoxy groups -OCH3 is 2. The summed E-state index contributed by atoms with van der Waals surface area (Å²) in [5.41, 5.74) is 0.804. The van der Waals surface area contributed by atoms with E-state index in [9.17, 15) is 4.79 Å². The van der Waals surface area contributed by atoms with Crippen molar-refractivity contribution in [2.45, 2.75) is 26.4 Å². The predicted octanol–water partition coefficient (Wildman–Crippen LogP) is 7.97. The second kappa shape index (κ2) is 14.8. The van der Waals surface area contributed by atoms with Crippen molar-refractivity contribution in [2.24, 2.45) is 0 Å². The maximum absolute atomic E-state index is 12.0. The lowest BCUT2D eigenvalue weighted by atomic mass is 10.1. The number of hydrogen-bond donors (Lipinski definition) is 0. The smallest absolute Gasteiger partial charge is 0.410 e. The maximum atomic E-state index is 12.0. The Bertz CT molecular complexity index is 1430. The van der Waals surface area contributed by atoms with E-state index in [1.807, 2.05) is 51.1 Å². The molecule has 0 unspecified atom stereocenters. The number of carbonyl (C=O) groups is 1. The van der Waals surface area contributed by atoms with Gasteiger partial charge >= 0.3 is 6.09 Å². The number of nitrogens with zero attached hydrogens (tertiary/aromatic N) is 2. The van der Waals surface area contributed by atoms with E-state index in [4.69, 9.17) is 18.9 Å². The van der Waals surface area contributed by atoms with E-state index in [2.05, 4.69) is 63.3 Å². The van der Waals surface area contributed by atoms with Crippen molar-refractivity contribution in [3.05, 3.63) is 77.3 Å². The molecule has 3 aromatic carbocycles. The van der Waals surface area contributed by atoms with Crippen LogP contribution in [-0.4, -0.2) is 75.0 Å². The minimum atomic E-state index is -0.444. The molecule has 0 spiro atoms. The van der Waals surface area contributed by atoms with E-state index in [0.717, 1.165) is 41.4 Å². The molecule has 1 aliphatic rings. The van der Waals surface area contributed by atoms with Crippen LogP contribution in [-0.2, 0) is 4.74 Å². The number of halogens is 1. The Morgan fingerprint density at radius 2 is 1.45 bits per heavy atom. The molecule has 1 fully saturated rings. The second-order valence-corrected chi connectivity index (χ2v) is 12.9. The summed E-state index contributed by atoms with van der Waals surface area (Å²) in [4.78, 5) is 17.4. The number of benzene rings is 3. The van der Waals surface area contributed by atoms with Crippen molar-refractivity contribution in [3.63, 3.8) is 0 Å². The van der Waals surface area contributed by atoms with Crippen LogP contribution in [0.3, 0.4) is 0 Å². The summed E-state index contributed by atoms with van der Waals surface area (Å²) < 4.78 is 23.9. The number of ether oxygens (including phenoxy) is 4. The molecule has 4 aromatic rings. The number of fused-ring (bicyclic) bond motifs is 1. The van der Waals surface area contributed by atoms with Crippen molar-refractivity contribution in [3.8, 4) is 27.7 Å². The molecular formula is C33H39BrN2O5S. The predicted molar refractivity (Wildman–Crippen MR) is 174 cm³/mol. The zero-order valence-electron chi connectivity index (χ0n) is 24.9. The highest BCUT2D eigenvalue weighted by molar-refractivity contribution is 9.10. The topological polar surface area (TPSA) is 60.5 Å². The molecule has 1 saturated heterocycles. The van der Waals surface area contributed by atoms with Gasteiger partial charge < -0.3 is 23.8 Å². The van der Waals surface area contributed by atoms with Crippen LogP contribution in [0, 0.1) is 0 Å². The fourth-order valence-corrected chi connectivity index (χ4v) is 5.70. The van der Waals surface area contributed by atoms with E-state index in [1.165, 1.54) is 20.5 Å². The minimum absolute atomic E-state index is 0.225. The molecule has 9 heteroatoms. The van der Waals surface area contributed by atoms with Gasteiger partial charge in [0.2, 0.25) is 0 Å². The van der Waals surface area contributed by atoms with Gasteiger partial charge in [0.25, 0.3) is 0 Å². The number of rotatable bonds is 7. The Morgan fingerprint density at radius 3 is 2.07 bits per heavy atom. The van der Waals surface area contributed by atoms with Crippen molar-refractivity contribution in [1.29, 1.82) is 0 Å². The standard InChI is InChI=1S/C18H28N2O4.C15H11BrOS/c1-18(2,3)24-17(21)20-11-9-19(10-12-20)13-14-23-16-7-5-15(22-4)6-8-16;1-17-13-7-4-11-8-14(18-15(11)9-13)10-2-5-12(16)6-3-10/h5-8H,9-14H2,1-4H3;2-9H,1H3. The van der Waals surface area contributed by atoms with E-state index >= 15 is 0 Å². The summed E-state index contributed by atoms with van der Waals surface area (Å²) in [7, 11) is 3.34. The first-order chi connectivity index (χ1) is 20.1. The van der Waals surface area contributed by atoms with E-state index in [0.29, 0.717) is 19.7 Å². The molecule has 0 saturated carbocycles. The van der Waals surface area contributed by atoms with Crippen LogP contribution in [0.5, 0.6) is 17.2 Å². The molecular weight excluding hydrogens is 616 g/mol. The lowest BCUT2D eigenvalue weighted by Gasteiger charge is -2.35. The average Bonchev–Trinajstić information content (AvgIpc) is 3.41. The van der Waals surface area contributed by atoms with Gasteiger partial charge in [-0.05, 0) is 92.4 Å². The monoisotopic (exact) mass is 654 g/mol. The first-order valence-electron chi connectivity index (χ1n) is 13.9. The van der Waals surface area contributed by atoms with Gasteiger partial charge in [0.05, 0.1) is 14.2 Å². The molecule has 1 aliphatic heterocycles. The molecule has 0 bridgehead atoms. The normalized spacial score (nSPS) is 13.7. The van der Waals surface area contributed by atoms with E-state index in [-0.39, 0.29) is 6.09 Å². The van der Waals surface area contributed by atoms with E-state index in [1.54, 1.807) is 30.5 Å². The van der Waals surface area contributed by atoms with Crippen LogP contribution in [0.15, 0.2) is 77.3 Å². The van der Waals surface area contributed by atoms with Crippen molar-refractivity contribution >= 4 is 43.4 Å². The molecule has 7 nitrogen and oxygen atoms in total. The number of piperazine rings is 1. The van der Waals surface area contributed by atoms with Crippen LogP contribution in [0.25, 0.3) is 20.5 Å². The van der Waals surface area contributed by atoms with Crippen LogP contribution in [0.2, 0.25) is 0 Å². The van der Waals surface area contributed by atoms with Gasteiger partial charge in [-0.2, -0.15) is 0 Å². The minimum Gasteiger partial charge on any atom is -0.497 e. The van der Waals surface area contributed by atoms with Crippen LogP contribution >= 0.6 is 27.3 Å². The molecule has 1 aromatic heterocycles. The molecule has 224 valence electrons. The molecule has 1 amide bonds. The van der Waals surface area contributed by atoms with Gasteiger partial charge in [-0.25, -0.2) is 4.79 Å². The molecule has 42 heavy (non-hydrogen) atoms.